The third-order valence-corrected chi connectivity index (χ3v) is 6.93. The van der Waals surface area contributed by atoms with E-state index in [1.54, 1.807) is 4.90 Å². The van der Waals surface area contributed by atoms with E-state index < -0.39 is 15.9 Å². The third-order valence-electron chi connectivity index (χ3n) is 5.12. The van der Waals surface area contributed by atoms with Gasteiger partial charge in [-0.3, -0.25) is 14.5 Å². The van der Waals surface area contributed by atoms with Gasteiger partial charge in [0, 0.05) is 38.8 Å². The van der Waals surface area contributed by atoms with Crippen LogP contribution in [-0.4, -0.2) is 87.2 Å². The van der Waals surface area contributed by atoms with Gasteiger partial charge in [-0.05, 0) is 37.7 Å². The lowest BCUT2D eigenvalue weighted by atomic mass is 10.2. The Morgan fingerprint density at radius 1 is 1.21 bits per heavy atom. The van der Waals surface area contributed by atoms with Gasteiger partial charge in [-0.1, -0.05) is 19.9 Å². The minimum absolute atomic E-state index is 0.0399. The van der Waals surface area contributed by atoms with Crippen LogP contribution >= 0.6 is 0 Å². The number of nitrogens with one attached hydrogen (secondary N) is 1. The van der Waals surface area contributed by atoms with E-state index in [9.17, 15) is 18.0 Å². The van der Waals surface area contributed by atoms with E-state index in [2.05, 4.69) is 24.1 Å². The predicted molar refractivity (Wildman–Crippen MR) is 108 cm³/mol. The molecule has 0 aliphatic carbocycles. The average Bonchev–Trinajstić information content (AvgIpc) is 3.16. The summed E-state index contributed by atoms with van der Waals surface area (Å²) in [6.45, 7) is 7.38. The predicted octanol–water partition coefficient (Wildman–Crippen LogP) is 0.609. The third kappa shape index (κ3) is 5.09. The molecular weight excluding hydrogens is 380 g/mol. The van der Waals surface area contributed by atoms with Gasteiger partial charge < -0.3 is 10.2 Å². The van der Waals surface area contributed by atoms with Crippen molar-refractivity contribution in [2.45, 2.75) is 31.2 Å². The molecule has 0 unspecified atom stereocenters. The summed E-state index contributed by atoms with van der Waals surface area (Å²) in [4.78, 5) is 29.0. The van der Waals surface area contributed by atoms with Crippen LogP contribution in [-0.2, 0) is 14.8 Å². The average molecular weight is 411 g/mol. The van der Waals surface area contributed by atoms with Gasteiger partial charge in [0.05, 0.1) is 11.4 Å². The highest BCUT2D eigenvalue weighted by Crippen LogP contribution is 2.16. The number of nitrogens with zero attached hydrogens (tertiary/aromatic N) is 3. The zero-order valence-electron chi connectivity index (χ0n) is 17.0. The summed E-state index contributed by atoms with van der Waals surface area (Å²) in [7, 11) is -0.758. The first-order chi connectivity index (χ1) is 13.2. The first-order valence-corrected chi connectivity index (χ1v) is 11.0. The smallest absolute Gasteiger partial charge is 0.251 e. The first kappa shape index (κ1) is 22.3. The fourth-order valence-corrected chi connectivity index (χ4v) is 4.33. The molecule has 1 heterocycles. The van der Waals surface area contributed by atoms with Gasteiger partial charge in [-0.25, -0.2) is 12.7 Å². The summed E-state index contributed by atoms with van der Waals surface area (Å²) in [5, 5.41) is 2.60. The van der Waals surface area contributed by atoms with E-state index >= 15 is 0 Å². The van der Waals surface area contributed by atoms with Crippen LogP contribution in [0.25, 0.3) is 0 Å². The minimum Gasteiger partial charge on any atom is -0.343 e. The van der Waals surface area contributed by atoms with Crippen LogP contribution in [0.15, 0.2) is 29.2 Å². The van der Waals surface area contributed by atoms with Crippen molar-refractivity contribution in [2.24, 2.45) is 0 Å². The molecule has 1 aromatic rings. The number of sulfonamides is 1. The highest BCUT2D eigenvalue weighted by atomic mass is 32.2. The van der Waals surface area contributed by atoms with Crippen LogP contribution in [0.4, 0.5) is 0 Å². The van der Waals surface area contributed by atoms with E-state index in [1.807, 2.05) is 0 Å². The standard InChI is InChI=1S/C19H30N4O4S/c1-5-22(6-2)16-10-11-23(14-16)18(24)13-20-19(25)15-8-7-9-17(12-15)28(26,27)21(3)4/h7-9,12,16H,5-6,10-11,13-14H2,1-4H3,(H,20,25)/t16-/m1/s1. The molecule has 28 heavy (non-hydrogen) atoms. The number of hydrogen-bond acceptors (Lipinski definition) is 5. The molecular formula is C19H30N4O4S. The summed E-state index contributed by atoms with van der Waals surface area (Å²) in [5.41, 5.74) is 0.207. The first-order valence-electron chi connectivity index (χ1n) is 9.53. The number of benzene rings is 1. The van der Waals surface area contributed by atoms with E-state index in [0.717, 1.165) is 23.8 Å². The maximum absolute atomic E-state index is 12.4. The maximum atomic E-state index is 12.4. The molecule has 0 bridgehead atoms. The van der Waals surface area contributed by atoms with Crippen LogP contribution in [0.5, 0.6) is 0 Å². The van der Waals surface area contributed by atoms with Gasteiger partial charge in [-0.2, -0.15) is 0 Å². The fourth-order valence-electron chi connectivity index (χ4n) is 3.38. The Morgan fingerprint density at radius 2 is 1.89 bits per heavy atom. The Kier molecular flexibility index (Phi) is 7.56. The van der Waals surface area contributed by atoms with Crippen molar-refractivity contribution in [1.82, 2.24) is 19.4 Å². The number of carbonyl (C=O) groups is 2. The van der Waals surface area contributed by atoms with Crippen molar-refractivity contribution in [2.75, 3.05) is 46.8 Å². The van der Waals surface area contributed by atoms with Crippen LogP contribution in [0.2, 0.25) is 0 Å². The molecule has 156 valence electrons. The summed E-state index contributed by atoms with van der Waals surface area (Å²) in [5.74, 6) is -0.594. The molecule has 2 amide bonds. The molecule has 1 fully saturated rings. The largest absolute Gasteiger partial charge is 0.343 e. The Labute approximate surface area is 167 Å². The maximum Gasteiger partial charge on any atom is 0.251 e. The van der Waals surface area contributed by atoms with E-state index in [-0.39, 0.29) is 22.9 Å². The van der Waals surface area contributed by atoms with E-state index in [4.69, 9.17) is 0 Å². The Bertz CT molecular complexity index is 806. The number of rotatable bonds is 8. The van der Waals surface area contributed by atoms with Crippen molar-refractivity contribution in [3.8, 4) is 0 Å². The van der Waals surface area contributed by atoms with Gasteiger partial charge in [0.25, 0.3) is 5.91 Å². The zero-order chi connectivity index (χ0) is 20.9. The van der Waals surface area contributed by atoms with Gasteiger partial charge in [0.1, 0.15) is 0 Å². The summed E-state index contributed by atoms with van der Waals surface area (Å²) in [6, 6.07) is 6.17. The van der Waals surface area contributed by atoms with Crippen LogP contribution in [0, 0.1) is 0 Å². The van der Waals surface area contributed by atoms with Crippen molar-refractivity contribution in [3.63, 3.8) is 0 Å². The van der Waals surface area contributed by atoms with Crippen LogP contribution in [0.3, 0.4) is 0 Å². The monoisotopic (exact) mass is 410 g/mol. The minimum atomic E-state index is -3.62. The molecule has 0 spiro atoms. The quantitative estimate of drug-likeness (QED) is 0.678. The van der Waals surface area contributed by atoms with E-state index in [1.165, 1.54) is 38.4 Å². The number of hydrogen-bond donors (Lipinski definition) is 1. The molecule has 1 aliphatic heterocycles. The molecule has 2 rings (SSSR count). The molecule has 1 aliphatic rings. The van der Waals surface area contributed by atoms with Crippen molar-refractivity contribution >= 4 is 21.8 Å². The van der Waals surface area contributed by atoms with Crippen molar-refractivity contribution < 1.29 is 18.0 Å². The van der Waals surface area contributed by atoms with Crippen LogP contribution in [0.1, 0.15) is 30.6 Å². The molecule has 1 atom stereocenters. The molecule has 8 nitrogen and oxygen atoms in total. The summed E-state index contributed by atoms with van der Waals surface area (Å²) >= 11 is 0. The molecule has 1 N–H and O–H groups in total. The lowest BCUT2D eigenvalue weighted by molar-refractivity contribution is -0.129. The normalized spacial score (nSPS) is 17.4. The highest BCUT2D eigenvalue weighted by molar-refractivity contribution is 7.89. The number of carbonyl (C=O) groups excluding carboxylic acids is 2. The van der Waals surface area contributed by atoms with Gasteiger partial charge in [-0.15, -0.1) is 0 Å². The molecule has 0 aromatic heterocycles. The molecule has 1 saturated heterocycles. The van der Waals surface area contributed by atoms with Gasteiger partial charge in [0.2, 0.25) is 15.9 Å². The van der Waals surface area contributed by atoms with E-state index in [0.29, 0.717) is 19.1 Å². The second kappa shape index (κ2) is 9.49. The summed E-state index contributed by atoms with van der Waals surface area (Å²) in [6.07, 6.45) is 0.936. The molecule has 0 saturated carbocycles. The van der Waals surface area contributed by atoms with Gasteiger partial charge >= 0.3 is 0 Å². The van der Waals surface area contributed by atoms with Gasteiger partial charge in [0.15, 0.2) is 0 Å². The number of likely N-dealkylation sites (N-methyl/N-ethyl adjacent to an activating group) is 1. The molecule has 9 heteroatoms. The lowest BCUT2D eigenvalue weighted by Crippen LogP contribution is -2.42. The summed E-state index contributed by atoms with van der Waals surface area (Å²) < 4.78 is 25.5. The van der Waals surface area contributed by atoms with Crippen molar-refractivity contribution in [1.29, 1.82) is 0 Å². The second-order valence-electron chi connectivity index (χ2n) is 7.00. The van der Waals surface area contributed by atoms with Crippen LogP contribution < -0.4 is 5.32 Å². The highest BCUT2D eigenvalue weighted by Gasteiger charge is 2.29. The number of amides is 2. The topological polar surface area (TPSA) is 90.0 Å². The Hall–Kier alpha value is -1.97. The molecule has 0 radical (unpaired) electrons. The second-order valence-corrected chi connectivity index (χ2v) is 9.15. The lowest BCUT2D eigenvalue weighted by Gasteiger charge is -2.26. The van der Waals surface area contributed by atoms with Crippen molar-refractivity contribution in [3.05, 3.63) is 29.8 Å². The fraction of sp³-hybridized carbons (Fsp3) is 0.579. The Balaban J connectivity index is 1.95. The Morgan fingerprint density at radius 3 is 2.50 bits per heavy atom. The zero-order valence-corrected chi connectivity index (χ0v) is 17.8. The SMILES string of the molecule is CCN(CC)[C@@H]1CCN(C(=O)CNC(=O)c2cccc(S(=O)(=O)N(C)C)c2)C1. The molecule has 1 aromatic carbocycles. The number of likely N-dealkylation sites (tertiary alicyclic amines) is 1.